The molecule has 1 N–H and O–H groups in total. The van der Waals surface area contributed by atoms with Crippen LogP contribution in [0, 0.1) is 12.0 Å². The van der Waals surface area contributed by atoms with Crippen LogP contribution >= 0.6 is 0 Å². The molecule has 2 saturated heterocycles. The summed E-state index contributed by atoms with van der Waals surface area (Å²) >= 11 is 0. The first-order chi connectivity index (χ1) is 17.3. The molecule has 5 aliphatic rings. The van der Waals surface area contributed by atoms with Crippen molar-refractivity contribution in [2.75, 3.05) is 31.1 Å². The molecular weight excluding hydrogens is 452 g/mol. The van der Waals surface area contributed by atoms with E-state index in [-0.39, 0.29) is 11.0 Å². The number of hydrogen-bond acceptors (Lipinski definition) is 5. The van der Waals surface area contributed by atoms with Crippen molar-refractivity contribution in [1.29, 1.82) is 0 Å². The fourth-order valence-corrected chi connectivity index (χ4v) is 5.74. The van der Waals surface area contributed by atoms with Crippen molar-refractivity contribution in [3.8, 4) is 0 Å². The number of carbonyl (C=O) groups excluding carboxylic acids is 1. The van der Waals surface area contributed by atoms with Crippen LogP contribution in [0.3, 0.4) is 0 Å². The summed E-state index contributed by atoms with van der Waals surface area (Å²) in [5, 5.41) is 21.9. The molecule has 6 nitrogen and oxygen atoms in total. The number of carbonyl (C=O) groups is 2. The number of aliphatic carboxylic acids is 2. The quantitative estimate of drug-likeness (QED) is 0.667. The fourth-order valence-electron chi connectivity index (χ4n) is 5.74. The number of hydrogen-bond donors (Lipinski definition) is 1. The molecule has 0 radical (unpaired) electrons. The lowest BCUT2D eigenvalue weighted by Crippen LogP contribution is -2.38. The average molecular weight is 481 g/mol. The van der Waals surface area contributed by atoms with Gasteiger partial charge in [0.1, 0.15) is 5.70 Å². The predicted octanol–water partition coefficient (Wildman–Crippen LogP) is 3.15. The number of rotatable bonds is 4. The van der Waals surface area contributed by atoms with E-state index in [1.807, 2.05) is 6.08 Å². The third kappa shape index (κ3) is 3.36. The minimum atomic E-state index is -1.25. The number of fused-ring (bicyclic) bond motifs is 1. The molecule has 1 aromatic carbocycles. The summed E-state index contributed by atoms with van der Waals surface area (Å²) in [6.07, 6.45) is 14.3. The minimum Gasteiger partial charge on any atom is -0.549 e. The summed E-state index contributed by atoms with van der Waals surface area (Å²) in [6, 6.07) is 6.37. The Hall–Kier alpha value is -3.89. The zero-order valence-electron chi connectivity index (χ0n) is 20.5. The molecule has 1 atom stereocenters. The summed E-state index contributed by atoms with van der Waals surface area (Å²) in [5.41, 5.74) is 7.04. The number of nitrogens with zero attached hydrogens (tertiary/aromatic N) is 2. The summed E-state index contributed by atoms with van der Waals surface area (Å²) in [4.78, 5) is 28.7. The molecule has 0 aromatic heterocycles. The highest BCUT2D eigenvalue weighted by molar-refractivity contribution is 5.99. The molecule has 2 aliphatic heterocycles. The van der Waals surface area contributed by atoms with Crippen LogP contribution in [0.25, 0.3) is 5.57 Å². The first kappa shape index (κ1) is 22.6. The second-order valence-corrected chi connectivity index (χ2v) is 10.6. The van der Waals surface area contributed by atoms with Crippen molar-refractivity contribution in [3.05, 3.63) is 93.8 Å². The van der Waals surface area contributed by atoms with Crippen molar-refractivity contribution < 1.29 is 19.8 Å². The van der Waals surface area contributed by atoms with E-state index in [9.17, 15) is 19.8 Å². The van der Waals surface area contributed by atoms with Gasteiger partial charge in [0.2, 0.25) is 0 Å². The largest absolute Gasteiger partial charge is 0.549 e. The molecular formula is C30H28N2O4. The maximum Gasteiger partial charge on any atom is 0.335 e. The molecule has 36 heavy (non-hydrogen) atoms. The van der Waals surface area contributed by atoms with Gasteiger partial charge in [0.15, 0.2) is 5.57 Å². The SMILES string of the molecule is CC1(C)C2=C([C+]=CC(N3CCC3)=C2)C(=C2C=C(C(=O)O)C=CC2C(=O)[O-])c2ccc(N3CCC3)cc21. The van der Waals surface area contributed by atoms with E-state index in [0.717, 1.165) is 65.4 Å². The van der Waals surface area contributed by atoms with E-state index >= 15 is 0 Å². The molecule has 0 spiro atoms. The molecule has 0 saturated carbocycles. The third-order valence-corrected chi connectivity index (χ3v) is 8.14. The number of benzene rings is 1. The van der Waals surface area contributed by atoms with Crippen LogP contribution < -0.4 is 10.0 Å². The molecule has 2 fully saturated rings. The van der Waals surface area contributed by atoms with E-state index in [2.05, 4.69) is 54.0 Å². The van der Waals surface area contributed by atoms with Crippen LogP contribution in [0.1, 0.15) is 37.8 Å². The average Bonchev–Trinajstić information content (AvgIpc) is 2.77. The highest BCUT2D eigenvalue weighted by Gasteiger charge is 2.45. The Kier molecular flexibility index (Phi) is 5.06. The van der Waals surface area contributed by atoms with E-state index in [4.69, 9.17) is 0 Å². The van der Waals surface area contributed by atoms with Crippen LogP contribution in [0.4, 0.5) is 5.69 Å². The standard InChI is InChI=1S/C30H28N2O4/c1-30(2)25-16-19(31-11-3-12-31)6-9-22(25)27(23-10-7-20(17-26(23)30)32-13-4-14-32)24-15-18(28(33)34)5-8-21(24)29(35)36/h5-9,15-17,21H,3-4,11-14H2,1-2H3,(H-,33,34,35,36). The highest BCUT2D eigenvalue weighted by Crippen LogP contribution is 2.52. The predicted molar refractivity (Wildman–Crippen MR) is 136 cm³/mol. The van der Waals surface area contributed by atoms with Crippen LogP contribution in [-0.4, -0.2) is 48.1 Å². The minimum absolute atomic E-state index is 0.0531. The maximum atomic E-state index is 12.2. The topological polar surface area (TPSA) is 83.9 Å². The molecule has 6 heteroatoms. The van der Waals surface area contributed by atoms with Gasteiger partial charge in [-0.15, -0.1) is 0 Å². The Morgan fingerprint density at radius 3 is 2.42 bits per heavy atom. The molecule has 6 rings (SSSR count). The number of carboxylic acid groups (broad SMARTS) is 2. The lowest BCUT2D eigenvalue weighted by Gasteiger charge is -2.38. The van der Waals surface area contributed by atoms with Crippen molar-refractivity contribution in [2.45, 2.75) is 32.1 Å². The maximum absolute atomic E-state index is 12.2. The van der Waals surface area contributed by atoms with Gasteiger partial charge in [-0.1, -0.05) is 12.2 Å². The van der Waals surface area contributed by atoms with Crippen molar-refractivity contribution >= 4 is 23.2 Å². The van der Waals surface area contributed by atoms with E-state index in [1.165, 1.54) is 31.1 Å². The second kappa shape index (κ2) is 8.07. The van der Waals surface area contributed by atoms with Gasteiger partial charge >= 0.3 is 5.97 Å². The van der Waals surface area contributed by atoms with Crippen molar-refractivity contribution in [2.24, 2.45) is 5.92 Å². The zero-order valence-corrected chi connectivity index (χ0v) is 20.5. The van der Waals surface area contributed by atoms with Crippen LogP contribution in [0.5, 0.6) is 0 Å². The number of carboxylic acids is 2. The lowest BCUT2D eigenvalue weighted by molar-refractivity contribution is -0.308. The number of likely N-dealkylation sites (tertiary alicyclic amines) is 1. The zero-order chi connectivity index (χ0) is 25.2. The number of allylic oxidation sites excluding steroid dienone is 7. The Bertz CT molecular complexity index is 1380. The van der Waals surface area contributed by atoms with Gasteiger partial charge in [-0.05, 0) is 56.5 Å². The second-order valence-electron chi connectivity index (χ2n) is 10.6. The van der Waals surface area contributed by atoms with Gasteiger partial charge in [0.05, 0.1) is 46.2 Å². The van der Waals surface area contributed by atoms with Crippen molar-refractivity contribution in [1.82, 2.24) is 4.90 Å². The molecule has 2 heterocycles. The fraction of sp³-hybridized carbons (Fsp3) is 0.333. The summed E-state index contributed by atoms with van der Waals surface area (Å²) in [7, 11) is 0. The van der Waals surface area contributed by atoms with Crippen molar-refractivity contribution in [3.63, 3.8) is 0 Å². The monoisotopic (exact) mass is 480 g/mol. The summed E-state index contributed by atoms with van der Waals surface area (Å²) < 4.78 is 0. The molecule has 3 aliphatic carbocycles. The Morgan fingerprint density at radius 1 is 1.08 bits per heavy atom. The Labute approximate surface area is 210 Å². The Balaban J connectivity index is 1.64. The first-order valence-electron chi connectivity index (χ1n) is 12.6. The van der Waals surface area contributed by atoms with Crippen LogP contribution in [0.2, 0.25) is 0 Å². The summed E-state index contributed by atoms with van der Waals surface area (Å²) in [6.45, 7) is 8.49. The first-order valence-corrected chi connectivity index (χ1v) is 12.6. The normalized spacial score (nSPS) is 25.7. The van der Waals surface area contributed by atoms with Crippen LogP contribution in [-0.2, 0) is 15.0 Å². The van der Waals surface area contributed by atoms with Gasteiger partial charge in [-0.25, -0.2) is 4.79 Å². The van der Waals surface area contributed by atoms with Gasteiger partial charge in [0, 0.05) is 49.1 Å². The van der Waals surface area contributed by atoms with Gasteiger partial charge in [-0.3, -0.25) is 0 Å². The molecule has 182 valence electrons. The lowest BCUT2D eigenvalue weighted by atomic mass is 9.64. The molecule has 1 unspecified atom stereocenters. The third-order valence-electron chi connectivity index (χ3n) is 8.14. The summed E-state index contributed by atoms with van der Waals surface area (Å²) in [5.74, 6) is -3.40. The van der Waals surface area contributed by atoms with E-state index < -0.39 is 17.9 Å². The van der Waals surface area contributed by atoms with E-state index in [0.29, 0.717) is 5.57 Å². The Morgan fingerprint density at radius 2 is 1.81 bits per heavy atom. The number of anilines is 1. The van der Waals surface area contributed by atoms with E-state index in [1.54, 1.807) is 0 Å². The molecule has 0 bridgehead atoms. The van der Waals surface area contributed by atoms with Gasteiger partial charge in [0.25, 0.3) is 0 Å². The highest BCUT2D eigenvalue weighted by atomic mass is 16.4. The smallest absolute Gasteiger partial charge is 0.335 e. The molecule has 1 aromatic rings. The van der Waals surface area contributed by atoms with Gasteiger partial charge < -0.3 is 24.8 Å². The van der Waals surface area contributed by atoms with Crippen LogP contribution in [0.15, 0.2) is 76.6 Å². The molecule has 0 amide bonds. The van der Waals surface area contributed by atoms with Gasteiger partial charge in [-0.2, -0.15) is 0 Å².